The number of rotatable bonds is 6. The van der Waals surface area contributed by atoms with Crippen molar-refractivity contribution in [2.75, 3.05) is 13.7 Å². The molecule has 0 bridgehead atoms. The van der Waals surface area contributed by atoms with Crippen molar-refractivity contribution in [3.8, 4) is 0 Å². The van der Waals surface area contributed by atoms with Crippen LogP contribution in [0.25, 0.3) is 0 Å². The molecule has 0 aromatic carbocycles. The number of hydrogen-bond donors (Lipinski definition) is 1. The lowest BCUT2D eigenvalue weighted by atomic mass is 9.77. The van der Waals surface area contributed by atoms with Crippen LogP contribution in [0.15, 0.2) is 0 Å². The van der Waals surface area contributed by atoms with E-state index in [9.17, 15) is 4.79 Å². The van der Waals surface area contributed by atoms with E-state index in [0.717, 1.165) is 19.3 Å². The van der Waals surface area contributed by atoms with Gasteiger partial charge in [0.15, 0.2) is 0 Å². The van der Waals surface area contributed by atoms with Crippen molar-refractivity contribution in [2.24, 2.45) is 11.7 Å². The molecule has 1 aliphatic rings. The minimum absolute atomic E-state index is 0.0855. The molecule has 16 heavy (non-hydrogen) atoms. The van der Waals surface area contributed by atoms with E-state index in [2.05, 4.69) is 0 Å². The Hall–Kier alpha value is -0.410. The van der Waals surface area contributed by atoms with E-state index >= 15 is 0 Å². The van der Waals surface area contributed by atoms with Gasteiger partial charge in [-0.1, -0.05) is 26.2 Å². The van der Waals surface area contributed by atoms with E-state index in [-0.39, 0.29) is 11.5 Å². The maximum absolute atomic E-state index is 12.0. The number of nitrogens with two attached hydrogens (primary N) is 1. The molecule has 2 N–H and O–H groups in total. The fraction of sp³-hybridized carbons (Fsp3) is 0.923. The van der Waals surface area contributed by atoms with E-state index in [0.29, 0.717) is 18.8 Å². The first-order valence-electron chi connectivity index (χ1n) is 6.38. The van der Waals surface area contributed by atoms with Crippen molar-refractivity contribution < 1.29 is 9.53 Å². The van der Waals surface area contributed by atoms with Crippen LogP contribution in [0.2, 0.25) is 0 Å². The van der Waals surface area contributed by atoms with Crippen LogP contribution in [0, 0.1) is 5.92 Å². The van der Waals surface area contributed by atoms with Gasteiger partial charge in [-0.25, -0.2) is 0 Å². The van der Waals surface area contributed by atoms with Crippen molar-refractivity contribution in [1.82, 2.24) is 0 Å². The number of carbonyl (C=O) groups excluding carboxylic acids is 1. The third-order valence-corrected chi connectivity index (χ3v) is 3.68. The lowest BCUT2D eigenvalue weighted by Crippen LogP contribution is -2.44. The average Bonchev–Trinajstić information content (AvgIpc) is 2.26. The summed E-state index contributed by atoms with van der Waals surface area (Å²) in [6.45, 7) is 2.64. The van der Waals surface area contributed by atoms with Gasteiger partial charge in [-0.2, -0.15) is 0 Å². The summed E-state index contributed by atoms with van der Waals surface area (Å²) in [4.78, 5) is 12.0. The van der Waals surface area contributed by atoms with Crippen molar-refractivity contribution in [3.63, 3.8) is 0 Å². The summed E-state index contributed by atoms with van der Waals surface area (Å²) in [5, 5.41) is 0. The van der Waals surface area contributed by atoms with Gasteiger partial charge in [0.1, 0.15) is 5.78 Å². The molecule has 1 saturated carbocycles. The van der Waals surface area contributed by atoms with Crippen LogP contribution in [0.5, 0.6) is 0 Å². The van der Waals surface area contributed by atoms with Crippen LogP contribution in [0.3, 0.4) is 0 Å². The van der Waals surface area contributed by atoms with Gasteiger partial charge < -0.3 is 10.5 Å². The molecule has 0 heterocycles. The van der Waals surface area contributed by atoms with Crippen molar-refractivity contribution >= 4 is 5.78 Å². The van der Waals surface area contributed by atoms with Crippen molar-refractivity contribution in [1.29, 1.82) is 0 Å². The van der Waals surface area contributed by atoms with Gasteiger partial charge in [0.25, 0.3) is 0 Å². The SMILES string of the molecule is COCCC(C)C(=O)CC1(N)CCCCC1. The molecule has 0 radical (unpaired) electrons. The Kier molecular flexibility index (Phi) is 5.42. The number of carbonyl (C=O) groups is 1. The second kappa shape index (κ2) is 6.36. The highest BCUT2D eigenvalue weighted by molar-refractivity contribution is 5.81. The first kappa shape index (κ1) is 13.7. The zero-order valence-electron chi connectivity index (χ0n) is 10.6. The summed E-state index contributed by atoms with van der Waals surface area (Å²) in [5.74, 6) is 0.392. The fourth-order valence-electron chi connectivity index (χ4n) is 2.41. The highest BCUT2D eigenvalue weighted by atomic mass is 16.5. The Labute approximate surface area is 98.7 Å². The van der Waals surface area contributed by atoms with Crippen LogP contribution in [-0.4, -0.2) is 25.0 Å². The molecule has 3 nitrogen and oxygen atoms in total. The number of hydrogen-bond acceptors (Lipinski definition) is 3. The summed E-state index contributed by atoms with van der Waals surface area (Å²) in [5.41, 5.74) is 6.06. The molecule has 1 atom stereocenters. The number of ether oxygens (including phenoxy) is 1. The molecule has 94 valence electrons. The van der Waals surface area contributed by atoms with Crippen LogP contribution in [0.1, 0.15) is 51.9 Å². The van der Waals surface area contributed by atoms with Gasteiger partial charge in [-0.15, -0.1) is 0 Å². The molecule has 1 unspecified atom stereocenters. The average molecular weight is 227 g/mol. The Morgan fingerprint density at radius 2 is 2.00 bits per heavy atom. The molecule has 1 fully saturated rings. The molecular weight excluding hydrogens is 202 g/mol. The smallest absolute Gasteiger partial charge is 0.137 e. The monoisotopic (exact) mass is 227 g/mol. The Balaban J connectivity index is 2.36. The maximum atomic E-state index is 12.0. The Bertz CT molecular complexity index is 222. The van der Waals surface area contributed by atoms with Crippen molar-refractivity contribution in [3.05, 3.63) is 0 Å². The lowest BCUT2D eigenvalue weighted by molar-refractivity contribution is -0.124. The maximum Gasteiger partial charge on any atom is 0.137 e. The quantitative estimate of drug-likeness (QED) is 0.757. The molecule has 0 aliphatic heterocycles. The largest absolute Gasteiger partial charge is 0.385 e. The molecule has 0 aromatic rings. The van der Waals surface area contributed by atoms with Gasteiger partial charge in [0.05, 0.1) is 0 Å². The topological polar surface area (TPSA) is 52.3 Å². The summed E-state index contributed by atoms with van der Waals surface area (Å²) >= 11 is 0. The summed E-state index contributed by atoms with van der Waals surface area (Å²) in [6, 6.07) is 0. The third kappa shape index (κ3) is 4.22. The molecule has 0 spiro atoms. The van der Waals surface area contributed by atoms with E-state index in [4.69, 9.17) is 10.5 Å². The molecule has 0 saturated heterocycles. The predicted molar refractivity (Wildman–Crippen MR) is 65.3 cm³/mol. The first-order chi connectivity index (χ1) is 7.57. The highest BCUT2D eigenvalue weighted by Gasteiger charge is 2.31. The minimum atomic E-state index is -0.212. The van der Waals surface area contributed by atoms with Crippen molar-refractivity contribution in [2.45, 2.75) is 57.4 Å². The summed E-state index contributed by atoms with van der Waals surface area (Å²) in [7, 11) is 1.67. The molecule has 0 amide bonds. The number of ketones is 1. The fourth-order valence-corrected chi connectivity index (χ4v) is 2.41. The van der Waals surface area contributed by atoms with Crippen LogP contribution < -0.4 is 5.73 Å². The van der Waals surface area contributed by atoms with E-state index in [1.165, 1.54) is 19.3 Å². The molecule has 3 heteroatoms. The van der Waals surface area contributed by atoms with E-state index in [1.807, 2.05) is 6.92 Å². The Morgan fingerprint density at radius 3 is 2.56 bits per heavy atom. The second-order valence-electron chi connectivity index (χ2n) is 5.25. The van der Waals surface area contributed by atoms with E-state index < -0.39 is 0 Å². The summed E-state index contributed by atoms with van der Waals surface area (Å²) < 4.78 is 4.99. The second-order valence-corrected chi connectivity index (χ2v) is 5.25. The normalized spacial score (nSPS) is 21.7. The van der Waals surface area contributed by atoms with Crippen LogP contribution >= 0.6 is 0 Å². The molecular formula is C13H25NO2. The van der Waals surface area contributed by atoms with Gasteiger partial charge >= 0.3 is 0 Å². The lowest BCUT2D eigenvalue weighted by Gasteiger charge is -2.33. The van der Waals surface area contributed by atoms with Gasteiger partial charge in [0, 0.05) is 31.6 Å². The number of methoxy groups -OCH3 is 1. The first-order valence-corrected chi connectivity index (χ1v) is 6.38. The zero-order chi connectivity index (χ0) is 12.0. The van der Waals surface area contributed by atoms with Gasteiger partial charge in [0.2, 0.25) is 0 Å². The standard InChI is InChI=1S/C13H25NO2/c1-11(6-9-16-2)12(15)10-13(14)7-4-3-5-8-13/h11H,3-10,14H2,1-2H3. The number of Topliss-reactive ketones (excluding diaryl/α,β-unsaturated/α-hetero) is 1. The highest BCUT2D eigenvalue weighted by Crippen LogP contribution is 2.29. The zero-order valence-corrected chi connectivity index (χ0v) is 10.6. The minimum Gasteiger partial charge on any atom is -0.385 e. The molecule has 1 rings (SSSR count). The predicted octanol–water partition coefficient (Wildman–Crippen LogP) is 2.28. The van der Waals surface area contributed by atoms with E-state index in [1.54, 1.807) is 7.11 Å². The Morgan fingerprint density at radius 1 is 1.38 bits per heavy atom. The molecule has 1 aliphatic carbocycles. The third-order valence-electron chi connectivity index (χ3n) is 3.68. The van der Waals surface area contributed by atoms with Crippen LogP contribution in [-0.2, 0) is 9.53 Å². The summed E-state index contributed by atoms with van der Waals surface area (Å²) in [6.07, 6.45) is 7.01. The van der Waals surface area contributed by atoms with Gasteiger partial charge in [-0.3, -0.25) is 4.79 Å². The molecule has 0 aromatic heterocycles. The van der Waals surface area contributed by atoms with Crippen LogP contribution in [0.4, 0.5) is 0 Å². The van der Waals surface area contributed by atoms with Gasteiger partial charge in [-0.05, 0) is 19.3 Å².